The molecule has 1 unspecified atom stereocenters. The Morgan fingerprint density at radius 3 is 2.62 bits per heavy atom. The van der Waals surface area contributed by atoms with Crippen molar-refractivity contribution in [3.8, 4) is 22.8 Å². The van der Waals surface area contributed by atoms with Gasteiger partial charge in [0.05, 0.1) is 39.5 Å². The molecule has 1 aromatic heterocycles. The molecule has 0 saturated carbocycles. The zero-order chi connectivity index (χ0) is 21.4. The molecule has 0 fully saturated rings. The van der Waals surface area contributed by atoms with Gasteiger partial charge in [-0.15, -0.1) is 11.3 Å². The second-order valence-electron chi connectivity index (χ2n) is 6.40. The largest absolute Gasteiger partial charge is 0.497 e. The number of benzene rings is 1. The lowest BCUT2D eigenvalue weighted by molar-refractivity contribution is -0.145. The Morgan fingerprint density at radius 2 is 2.00 bits per heavy atom. The summed E-state index contributed by atoms with van der Waals surface area (Å²) in [7, 11) is 4.54. The molecule has 2 rings (SSSR count). The molecule has 1 amide bonds. The number of carbonyl (C=O) groups is 2. The lowest BCUT2D eigenvalue weighted by Crippen LogP contribution is -2.38. The molecular formula is C20H27N3O5S. The summed E-state index contributed by atoms with van der Waals surface area (Å²) in [5.74, 6) is 0.548. The Morgan fingerprint density at radius 1 is 1.24 bits per heavy atom. The number of carbonyl (C=O) groups excluding carboxylic acids is 2. The van der Waals surface area contributed by atoms with Gasteiger partial charge in [0.25, 0.3) is 0 Å². The summed E-state index contributed by atoms with van der Waals surface area (Å²) in [6, 6.07) is 5.48. The van der Waals surface area contributed by atoms with E-state index >= 15 is 0 Å². The van der Waals surface area contributed by atoms with Gasteiger partial charge in [0.2, 0.25) is 5.91 Å². The van der Waals surface area contributed by atoms with E-state index in [9.17, 15) is 9.59 Å². The summed E-state index contributed by atoms with van der Waals surface area (Å²) < 4.78 is 15.4. The van der Waals surface area contributed by atoms with Crippen LogP contribution in [0.3, 0.4) is 0 Å². The Labute approximate surface area is 174 Å². The van der Waals surface area contributed by atoms with Gasteiger partial charge in [-0.1, -0.05) is 13.8 Å². The standard InChI is InChI=1S/C20H27N3O5S/c1-6-23(10-13(2)19(25)28-5)11-18(24)22-20-21-16(12-29-20)15-8-7-14(26-3)9-17(15)27-4/h7-9,12-13H,6,10-11H2,1-5H3,(H,21,22,24). The number of nitrogens with one attached hydrogen (secondary N) is 1. The first-order valence-corrected chi connectivity index (χ1v) is 10.1. The van der Waals surface area contributed by atoms with Crippen molar-refractivity contribution in [1.82, 2.24) is 9.88 Å². The summed E-state index contributed by atoms with van der Waals surface area (Å²) >= 11 is 1.34. The SMILES string of the molecule is CCN(CC(=O)Nc1nc(-c2ccc(OC)cc2OC)cs1)CC(C)C(=O)OC. The van der Waals surface area contributed by atoms with Crippen LogP contribution in [0.25, 0.3) is 11.3 Å². The van der Waals surface area contributed by atoms with E-state index in [4.69, 9.17) is 14.2 Å². The molecule has 0 aliphatic carbocycles. The summed E-state index contributed by atoms with van der Waals surface area (Å²) in [5, 5.41) is 5.18. The van der Waals surface area contributed by atoms with E-state index in [0.29, 0.717) is 35.4 Å². The van der Waals surface area contributed by atoms with Crippen LogP contribution < -0.4 is 14.8 Å². The number of hydrogen-bond acceptors (Lipinski definition) is 8. The van der Waals surface area contributed by atoms with Gasteiger partial charge in [-0.3, -0.25) is 14.5 Å². The van der Waals surface area contributed by atoms with E-state index in [2.05, 4.69) is 10.3 Å². The minimum Gasteiger partial charge on any atom is -0.497 e. The van der Waals surface area contributed by atoms with Crippen molar-refractivity contribution in [1.29, 1.82) is 0 Å². The molecule has 0 spiro atoms. The van der Waals surface area contributed by atoms with Gasteiger partial charge in [-0.05, 0) is 18.7 Å². The second kappa shape index (κ2) is 10.8. The number of aromatic nitrogens is 1. The Hall–Kier alpha value is -2.65. The highest BCUT2D eigenvalue weighted by molar-refractivity contribution is 7.14. The molecule has 29 heavy (non-hydrogen) atoms. The quantitative estimate of drug-likeness (QED) is 0.590. The lowest BCUT2D eigenvalue weighted by Gasteiger charge is -2.22. The molecule has 1 heterocycles. The number of anilines is 1. The number of nitrogens with zero attached hydrogens (tertiary/aromatic N) is 2. The average molecular weight is 422 g/mol. The number of esters is 1. The van der Waals surface area contributed by atoms with Crippen molar-refractivity contribution in [3.63, 3.8) is 0 Å². The fourth-order valence-electron chi connectivity index (χ4n) is 2.80. The molecule has 0 bridgehead atoms. The summed E-state index contributed by atoms with van der Waals surface area (Å²) in [6.07, 6.45) is 0. The molecule has 0 aliphatic rings. The van der Waals surface area contributed by atoms with Crippen LogP contribution in [0.15, 0.2) is 23.6 Å². The van der Waals surface area contributed by atoms with Crippen LogP contribution in [-0.4, -0.2) is 62.7 Å². The van der Waals surface area contributed by atoms with Crippen LogP contribution in [0.5, 0.6) is 11.5 Å². The van der Waals surface area contributed by atoms with Crippen molar-refractivity contribution in [3.05, 3.63) is 23.6 Å². The van der Waals surface area contributed by atoms with Crippen molar-refractivity contribution in [2.45, 2.75) is 13.8 Å². The summed E-state index contributed by atoms with van der Waals surface area (Å²) in [6.45, 7) is 4.97. The highest BCUT2D eigenvalue weighted by Crippen LogP contribution is 2.34. The van der Waals surface area contributed by atoms with Crippen LogP contribution in [-0.2, 0) is 14.3 Å². The highest BCUT2D eigenvalue weighted by atomic mass is 32.1. The van der Waals surface area contributed by atoms with Gasteiger partial charge in [0.1, 0.15) is 11.5 Å². The predicted octanol–water partition coefficient (Wildman–Crippen LogP) is 2.90. The fraction of sp³-hybridized carbons (Fsp3) is 0.450. The molecule has 9 heteroatoms. The van der Waals surface area contributed by atoms with E-state index < -0.39 is 0 Å². The fourth-order valence-corrected chi connectivity index (χ4v) is 3.52. The monoisotopic (exact) mass is 421 g/mol. The van der Waals surface area contributed by atoms with Crippen molar-refractivity contribution >= 4 is 28.3 Å². The summed E-state index contributed by atoms with van der Waals surface area (Å²) in [5.41, 5.74) is 1.52. The van der Waals surface area contributed by atoms with Gasteiger partial charge in [-0.25, -0.2) is 4.98 Å². The van der Waals surface area contributed by atoms with E-state index in [-0.39, 0.29) is 24.3 Å². The van der Waals surface area contributed by atoms with Crippen LogP contribution in [0.4, 0.5) is 5.13 Å². The maximum atomic E-state index is 12.4. The van der Waals surface area contributed by atoms with Gasteiger partial charge >= 0.3 is 5.97 Å². The average Bonchev–Trinajstić information content (AvgIpc) is 3.19. The predicted molar refractivity (Wildman–Crippen MR) is 113 cm³/mol. The van der Waals surface area contributed by atoms with E-state index in [1.54, 1.807) is 27.2 Å². The van der Waals surface area contributed by atoms with E-state index in [0.717, 1.165) is 5.56 Å². The minimum absolute atomic E-state index is 0.165. The maximum absolute atomic E-state index is 12.4. The number of rotatable bonds is 10. The molecule has 0 saturated heterocycles. The van der Waals surface area contributed by atoms with E-state index in [1.165, 1.54) is 18.4 Å². The molecule has 0 aliphatic heterocycles. The first-order valence-electron chi connectivity index (χ1n) is 9.19. The number of likely N-dealkylation sites (N-methyl/N-ethyl adjacent to an activating group) is 1. The van der Waals surface area contributed by atoms with Crippen LogP contribution in [0.2, 0.25) is 0 Å². The molecule has 8 nitrogen and oxygen atoms in total. The topological polar surface area (TPSA) is 90.0 Å². The molecule has 1 N–H and O–H groups in total. The molecule has 2 aromatic rings. The normalized spacial score (nSPS) is 11.8. The first kappa shape index (κ1) is 22.6. The van der Waals surface area contributed by atoms with Gasteiger partial charge in [-0.2, -0.15) is 0 Å². The number of amides is 1. The van der Waals surface area contributed by atoms with Crippen LogP contribution in [0.1, 0.15) is 13.8 Å². The molecule has 158 valence electrons. The van der Waals surface area contributed by atoms with Crippen LogP contribution >= 0.6 is 11.3 Å². The summed E-state index contributed by atoms with van der Waals surface area (Å²) in [4.78, 5) is 30.4. The maximum Gasteiger partial charge on any atom is 0.309 e. The third-order valence-electron chi connectivity index (χ3n) is 4.39. The van der Waals surface area contributed by atoms with Crippen molar-refractivity contribution < 1.29 is 23.8 Å². The Bertz CT molecular complexity index is 839. The molecule has 1 atom stereocenters. The Kier molecular flexibility index (Phi) is 8.41. The number of hydrogen-bond donors (Lipinski definition) is 1. The second-order valence-corrected chi connectivity index (χ2v) is 7.26. The highest BCUT2D eigenvalue weighted by Gasteiger charge is 2.19. The number of ether oxygens (including phenoxy) is 3. The molecule has 0 radical (unpaired) electrons. The van der Waals surface area contributed by atoms with Crippen LogP contribution in [0, 0.1) is 5.92 Å². The van der Waals surface area contributed by atoms with E-state index in [1.807, 2.05) is 29.3 Å². The minimum atomic E-state index is -0.304. The van der Waals surface area contributed by atoms with Crippen molar-refractivity contribution in [2.24, 2.45) is 5.92 Å². The number of thiazole rings is 1. The third-order valence-corrected chi connectivity index (χ3v) is 5.14. The lowest BCUT2D eigenvalue weighted by atomic mass is 10.1. The van der Waals surface area contributed by atoms with Crippen molar-refractivity contribution in [2.75, 3.05) is 46.3 Å². The van der Waals surface area contributed by atoms with Gasteiger partial charge in [0, 0.05) is 23.6 Å². The van der Waals surface area contributed by atoms with Gasteiger partial charge in [0.15, 0.2) is 5.13 Å². The molecule has 1 aromatic carbocycles. The molecular weight excluding hydrogens is 394 g/mol. The zero-order valence-electron chi connectivity index (χ0n) is 17.4. The smallest absolute Gasteiger partial charge is 0.309 e. The number of methoxy groups -OCH3 is 3. The zero-order valence-corrected chi connectivity index (χ0v) is 18.2. The first-order chi connectivity index (χ1) is 13.9. The Balaban J connectivity index is 2.02. The van der Waals surface area contributed by atoms with Gasteiger partial charge < -0.3 is 19.5 Å². The third kappa shape index (κ3) is 6.16.